The highest BCUT2D eigenvalue weighted by molar-refractivity contribution is 8.12. The molecule has 1 N–H and O–H groups in total. The van der Waals surface area contributed by atoms with Crippen LogP contribution >= 0.6 is 0 Å². The van der Waals surface area contributed by atoms with Crippen molar-refractivity contribution in [2.24, 2.45) is 0 Å². The summed E-state index contributed by atoms with van der Waals surface area (Å²) in [5.74, 6) is 0.530. The first-order chi connectivity index (χ1) is 61.7. The van der Waals surface area contributed by atoms with E-state index in [1.807, 2.05) is 57.4 Å². The molecule has 0 bridgehead atoms. The minimum atomic E-state index is -3.87. The Morgan fingerprint density at radius 2 is 0.583 bits per heavy atom. The standard InChI is InChI=1S/2C19H17S.2C18H15S.C14H31N2O4S2.C9H13NO.C6H14N2.C6H13NO/c2*1-16-12-14-19(15-13-16)20(17-8-4-2-5-9-17)18-10-6-3-7-11-18;2*1-4-10-16(11-5-1)19(17-12-6-2-7-13-17)18-14-8-3-9-15-18;1-4-5-6-7-8-10-13-21(17,18)15-22(19,20)14-11-9-12-16(2)3;1-10(2)8-4-6-9(11-3)7-5-8;1-7-3-5-8(2)6-4-7;1-8-6-2-4-7-5-3-6/h2*2-15H,1H3;2*1-15H;4-14H2,1-3H3;4-7H,1-3H3;3-6H2,1-2H3;6-7H,2-5H2,1H3/q4*+1;-1;;;. The van der Waals surface area contributed by atoms with Crippen molar-refractivity contribution < 1.29 is 26.3 Å². The van der Waals surface area contributed by atoms with E-state index in [0.29, 0.717) is 25.4 Å². The van der Waals surface area contributed by atoms with Crippen LogP contribution in [0.1, 0.15) is 82.3 Å². The Labute approximate surface area is 775 Å². The van der Waals surface area contributed by atoms with Crippen LogP contribution in [0.5, 0.6) is 5.75 Å². The van der Waals surface area contributed by atoms with E-state index >= 15 is 0 Å². The van der Waals surface area contributed by atoms with Gasteiger partial charge in [-0.1, -0.05) is 256 Å². The maximum absolute atomic E-state index is 11.7. The Morgan fingerprint density at radius 3 is 0.811 bits per heavy atom. The lowest BCUT2D eigenvalue weighted by Gasteiger charge is -2.28. The lowest BCUT2D eigenvalue weighted by Crippen LogP contribution is -2.42. The lowest BCUT2D eigenvalue weighted by molar-refractivity contribution is 0.0765. The topological polar surface area (TPSA) is 126 Å². The van der Waals surface area contributed by atoms with Gasteiger partial charge in [0.2, 0.25) is 0 Å². The molecule has 2 aliphatic rings. The van der Waals surface area contributed by atoms with E-state index in [1.54, 1.807) is 14.2 Å². The molecule has 0 radical (unpaired) electrons. The summed E-state index contributed by atoms with van der Waals surface area (Å²) in [4.78, 5) is 25.1. The number of aryl methyl sites for hydroxylation is 2. The molecule has 13 aromatic rings. The van der Waals surface area contributed by atoms with Crippen molar-refractivity contribution >= 4 is 69.3 Å². The van der Waals surface area contributed by atoms with Gasteiger partial charge in [-0.2, -0.15) is 0 Å². The summed E-state index contributed by atoms with van der Waals surface area (Å²) in [5.41, 5.74) is 3.79. The van der Waals surface area contributed by atoms with E-state index in [9.17, 15) is 16.8 Å². The second kappa shape index (κ2) is 58.9. The van der Waals surface area contributed by atoms with Crippen LogP contribution in [0.15, 0.2) is 435 Å². The molecule has 0 aromatic heterocycles. The van der Waals surface area contributed by atoms with Crippen molar-refractivity contribution in [1.29, 1.82) is 0 Å². The fourth-order valence-electron chi connectivity index (χ4n) is 13.4. The zero-order valence-electron chi connectivity index (χ0n) is 76.4. The van der Waals surface area contributed by atoms with Crippen LogP contribution in [0, 0.1) is 13.8 Å². The zero-order chi connectivity index (χ0) is 90.5. The molecule has 12 nitrogen and oxygen atoms in total. The maximum Gasteiger partial charge on any atom is 0.166 e. The van der Waals surface area contributed by atoms with Crippen LogP contribution < -0.4 is 15.0 Å². The van der Waals surface area contributed by atoms with Crippen molar-refractivity contribution in [3.05, 3.63) is 391 Å². The third kappa shape index (κ3) is 39.2. The Kier molecular flexibility index (Phi) is 47.7. The highest BCUT2D eigenvalue weighted by Crippen LogP contribution is 2.35. The number of benzene rings is 13. The van der Waals surface area contributed by atoms with E-state index in [4.69, 9.17) is 9.47 Å². The van der Waals surface area contributed by atoms with Gasteiger partial charge in [0.25, 0.3) is 0 Å². The number of rotatable bonds is 29. The van der Waals surface area contributed by atoms with Crippen molar-refractivity contribution in [1.82, 2.24) is 20.0 Å². The highest BCUT2D eigenvalue weighted by Gasteiger charge is 2.32. The molecule has 13 aromatic carbocycles. The number of methoxy groups -OCH3 is 2. The van der Waals surface area contributed by atoms with Gasteiger partial charge >= 0.3 is 0 Å². The molecule has 2 saturated heterocycles. The van der Waals surface area contributed by atoms with Crippen molar-refractivity contribution in [2.75, 3.05) is 119 Å². The normalized spacial score (nSPS) is 12.7. The predicted octanol–water partition coefficient (Wildman–Crippen LogP) is 24.5. The highest BCUT2D eigenvalue weighted by atomic mass is 32.3. The van der Waals surface area contributed by atoms with E-state index in [2.05, 4.69) is 411 Å². The number of nitrogens with one attached hydrogen (secondary N) is 1. The summed E-state index contributed by atoms with van der Waals surface area (Å²) in [5, 5.41) is 3.27. The Morgan fingerprint density at radius 1 is 0.339 bits per heavy atom. The smallest absolute Gasteiger partial charge is 0.166 e. The van der Waals surface area contributed by atoms with Crippen LogP contribution in [0.25, 0.3) is 4.13 Å². The Bertz CT molecular complexity index is 4700. The van der Waals surface area contributed by atoms with Gasteiger partial charge < -0.3 is 38.5 Å². The minimum Gasteiger partial charge on any atom is -0.497 e. The van der Waals surface area contributed by atoms with Crippen molar-refractivity contribution in [3.63, 3.8) is 0 Å². The number of sulfonamides is 2. The van der Waals surface area contributed by atoms with Gasteiger partial charge in [-0.15, -0.1) is 0 Å². The number of nitrogens with zero attached hydrogens (tertiary/aromatic N) is 5. The summed E-state index contributed by atoms with van der Waals surface area (Å²) in [6.07, 6.45) is 9.67. The lowest BCUT2D eigenvalue weighted by atomic mass is 10.1. The molecule has 670 valence electrons. The van der Waals surface area contributed by atoms with Gasteiger partial charge in [-0.25, -0.2) is 16.8 Å². The Hall–Kier alpha value is -9.48. The number of piperazine rings is 1. The van der Waals surface area contributed by atoms with Gasteiger partial charge in [0.15, 0.2) is 58.7 Å². The third-order valence-corrected chi connectivity index (χ3v) is 32.8. The first-order valence-electron chi connectivity index (χ1n) is 44.1. The third-order valence-electron chi connectivity index (χ3n) is 20.5. The fraction of sp³-hybridized carbons (Fsp3) is 0.284. The van der Waals surface area contributed by atoms with Gasteiger partial charge in [-0.3, -0.25) is 0 Å². The molecule has 2 fully saturated rings. The summed E-state index contributed by atoms with van der Waals surface area (Å²) in [7, 11) is 7.85. The first-order valence-corrected chi connectivity index (χ1v) is 52.2. The SMILES string of the molecule is CCCCCCCCS(=O)(=O)[N-]S(=O)(=O)CCCCN(C)C.CN1CCN(C)CC1.COC1CCNCC1.COc1ccc(N(C)C)cc1.Cc1ccc([S+](c2ccccc2)c2ccccc2)cc1.Cc1ccc([S+](c2ccccc2)c2ccccc2)cc1.c1ccc([S+](c2ccccc2)c2ccccc2)cc1.c1ccc([S+](c2ccccc2)c2ccccc2)cc1. The van der Waals surface area contributed by atoms with Crippen LogP contribution in [0.3, 0.4) is 0 Å². The van der Waals surface area contributed by atoms with Gasteiger partial charge in [0, 0.05) is 64.6 Å². The number of hydrogen-bond acceptors (Lipinski definition) is 11. The quantitative estimate of drug-likeness (QED) is 0.0356. The molecule has 0 amide bonds. The molecule has 0 spiro atoms. The molecular formula is C109H135N6O6S6+3. The van der Waals surface area contributed by atoms with E-state index in [0.717, 1.165) is 57.5 Å². The van der Waals surface area contributed by atoms with Gasteiger partial charge in [0.1, 0.15) is 5.75 Å². The molecule has 0 aliphatic carbocycles. The van der Waals surface area contributed by atoms with E-state index in [-0.39, 0.29) is 55.1 Å². The molecule has 18 heteroatoms. The van der Waals surface area contributed by atoms with E-state index < -0.39 is 20.0 Å². The van der Waals surface area contributed by atoms with Crippen LogP contribution in [-0.4, -0.2) is 151 Å². The summed E-state index contributed by atoms with van der Waals surface area (Å²) in [6, 6.07) is 133. The second-order valence-electron chi connectivity index (χ2n) is 31.3. The zero-order valence-corrected chi connectivity index (χ0v) is 81.3. The molecule has 2 heterocycles. The molecular weight excluding hydrogens is 1680 g/mol. The first kappa shape index (κ1) is 103. The van der Waals surface area contributed by atoms with Crippen molar-refractivity contribution in [3.8, 4) is 5.75 Å². The summed E-state index contributed by atoms with van der Waals surface area (Å²) in [6.45, 7) is 14.3. The number of anilines is 1. The Balaban J connectivity index is 0.000000183. The molecule has 2 aliphatic heterocycles. The van der Waals surface area contributed by atoms with E-state index in [1.165, 1.54) is 115 Å². The molecule has 15 rings (SSSR count). The predicted molar refractivity (Wildman–Crippen MR) is 543 cm³/mol. The number of piperidine rings is 1. The summed E-state index contributed by atoms with van der Waals surface area (Å²) < 4.78 is 60.2. The number of unbranched alkanes of at least 4 members (excludes halogenated alkanes) is 6. The fourth-order valence-corrected chi connectivity index (χ4v) is 24.9. The summed E-state index contributed by atoms with van der Waals surface area (Å²) >= 11 is 0. The monoisotopic (exact) mass is 1820 g/mol. The van der Waals surface area contributed by atoms with Crippen LogP contribution in [0.2, 0.25) is 0 Å². The number of ether oxygens (including phenoxy) is 2. The average molecular weight is 1820 g/mol. The largest absolute Gasteiger partial charge is 0.497 e. The van der Waals surface area contributed by atoms with Crippen LogP contribution in [-0.2, 0) is 68.4 Å². The number of hydrogen-bond donors (Lipinski definition) is 1. The molecule has 127 heavy (non-hydrogen) atoms. The minimum absolute atomic E-state index is 0.0146. The molecule has 0 atom stereocenters. The molecule has 0 unspecified atom stereocenters. The maximum atomic E-state index is 11.7. The van der Waals surface area contributed by atoms with Crippen molar-refractivity contribution in [2.45, 2.75) is 150 Å². The van der Waals surface area contributed by atoms with Crippen LogP contribution in [0.4, 0.5) is 5.69 Å². The number of likely N-dealkylation sites (N-methyl/N-ethyl adjacent to an activating group) is 2. The van der Waals surface area contributed by atoms with Gasteiger partial charge in [0.05, 0.1) is 76.8 Å². The molecule has 0 saturated carbocycles. The second-order valence-corrected chi connectivity index (χ2v) is 43.1. The van der Waals surface area contributed by atoms with Gasteiger partial charge in [-0.05, 0) is 264 Å². The average Bonchev–Trinajstić information content (AvgIpc) is 0.835.